The molecule has 1 fully saturated rings. The van der Waals surface area contributed by atoms with Crippen molar-refractivity contribution in [2.24, 2.45) is 0 Å². The first kappa shape index (κ1) is 13.1. The quantitative estimate of drug-likeness (QED) is 0.808. The van der Waals surface area contributed by atoms with Gasteiger partial charge in [0.15, 0.2) is 0 Å². The lowest BCUT2D eigenvalue weighted by Crippen LogP contribution is -2.52. The second-order valence-electron chi connectivity index (χ2n) is 4.57. The molecule has 0 saturated heterocycles. The van der Waals surface area contributed by atoms with Crippen molar-refractivity contribution in [2.45, 2.75) is 38.1 Å². The molecule has 1 N–H and O–H groups in total. The van der Waals surface area contributed by atoms with Crippen molar-refractivity contribution in [3.63, 3.8) is 0 Å². The van der Waals surface area contributed by atoms with Crippen LogP contribution in [0.3, 0.4) is 0 Å². The number of rotatable bonds is 3. The minimum Gasteiger partial charge on any atom is -0.347 e. The van der Waals surface area contributed by atoms with Crippen LogP contribution >= 0.6 is 34.2 Å². The normalized spacial score (nSPS) is 17.4. The van der Waals surface area contributed by atoms with E-state index in [9.17, 15) is 4.79 Å². The third-order valence-electron chi connectivity index (χ3n) is 3.55. The number of nitrogens with one attached hydrogen (secondary N) is 1. The highest BCUT2D eigenvalue weighted by Crippen LogP contribution is 2.35. The van der Waals surface area contributed by atoms with E-state index in [2.05, 4.69) is 34.8 Å². The Morgan fingerprint density at radius 1 is 1.53 bits per heavy atom. The average molecular weight is 364 g/mol. The van der Waals surface area contributed by atoms with E-state index in [-0.39, 0.29) is 11.4 Å². The van der Waals surface area contributed by atoms with Crippen LogP contribution in [-0.2, 0) is 0 Å². The van der Waals surface area contributed by atoms with E-state index in [0.29, 0.717) is 10.6 Å². The standard InChI is InChI=1S/C13H15ClINO/c1-2-13(6-3-7-13)16-12(17)9-4-5-11(15)10(14)8-9/h4-5,8H,2-3,6-7H2,1H3,(H,16,17). The van der Waals surface area contributed by atoms with E-state index in [1.807, 2.05) is 12.1 Å². The van der Waals surface area contributed by atoms with Crippen LogP contribution in [0.25, 0.3) is 0 Å². The molecule has 0 radical (unpaired) electrons. The van der Waals surface area contributed by atoms with Crippen molar-refractivity contribution >= 4 is 40.1 Å². The Kier molecular flexibility index (Phi) is 3.98. The van der Waals surface area contributed by atoms with Gasteiger partial charge < -0.3 is 5.32 Å². The van der Waals surface area contributed by atoms with E-state index in [1.165, 1.54) is 6.42 Å². The fraction of sp³-hybridized carbons (Fsp3) is 0.462. The fourth-order valence-corrected chi connectivity index (χ4v) is 2.64. The SMILES string of the molecule is CCC1(NC(=O)c2ccc(I)c(Cl)c2)CCC1. The Balaban J connectivity index is 2.11. The van der Waals surface area contributed by atoms with Gasteiger partial charge in [0.2, 0.25) is 0 Å². The summed E-state index contributed by atoms with van der Waals surface area (Å²) >= 11 is 8.18. The Labute approximate surface area is 120 Å². The van der Waals surface area contributed by atoms with E-state index in [0.717, 1.165) is 22.8 Å². The summed E-state index contributed by atoms with van der Waals surface area (Å²) < 4.78 is 0.967. The van der Waals surface area contributed by atoms with Gasteiger partial charge >= 0.3 is 0 Å². The molecule has 92 valence electrons. The predicted molar refractivity (Wildman–Crippen MR) is 78.5 cm³/mol. The highest BCUT2D eigenvalue weighted by Gasteiger charge is 2.36. The molecule has 1 saturated carbocycles. The third kappa shape index (κ3) is 2.76. The van der Waals surface area contributed by atoms with Crippen LogP contribution in [0, 0.1) is 3.57 Å². The minimum atomic E-state index is -0.00940. The minimum absolute atomic E-state index is 0.00940. The van der Waals surface area contributed by atoms with Gasteiger partial charge in [-0.25, -0.2) is 0 Å². The second kappa shape index (κ2) is 5.14. The Bertz CT molecular complexity index is 438. The molecule has 0 unspecified atom stereocenters. The van der Waals surface area contributed by atoms with E-state index < -0.39 is 0 Å². The van der Waals surface area contributed by atoms with Crippen molar-refractivity contribution in [1.29, 1.82) is 0 Å². The Morgan fingerprint density at radius 3 is 2.71 bits per heavy atom. The summed E-state index contributed by atoms with van der Waals surface area (Å²) in [5, 5.41) is 3.78. The number of halogens is 2. The monoisotopic (exact) mass is 363 g/mol. The number of hydrogen-bond acceptors (Lipinski definition) is 1. The molecule has 0 atom stereocenters. The van der Waals surface area contributed by atoms with Crippen LogP contribution in [0.15, 0.2) is 18.2 Å². The Morgan fingerprint density at radius 2 is 2.24 bits per heavy atom. The molecule has 4 heteroatoms. The van der Waals surface area contributed by atoms with Crippen LogP contribution in [0.1, 0.15) is 43.0 Å². The molecule has 1 aliphatic rings. The summed E-state index contributed by atoms with van der Waals surface area (Å²) in [7, 11) is 0. The maximum Gasteiger partial charge on any atom is 0.251 e. The van der Waals surface area contributed by atoms with Crippen LogP contribution in [0.4, 0.5) is 0 Å². The van der Waals surface area contributed by atoms with Crippen LogP contribution in [0.5, 0.6) is 0 Å². The molecule has 1 amide bonds. The molecule has 0 spiro atoms. The van der Waals surface area contributed by atoms with Crippen LogP contribution in [0.2, 0.25) is 5.02 Å². The first-order valence-electron chi connectivity index (χ1n) is 5.84. The highest BCUT2D eigenvalue weighted by molar-refractivity contribution is 14.1. The van der Waals surface area contributed by atoms with Crippen molar-refractivity contribution in [1.82, 2.24) is 5.32 Å². The maximum absolute atomic E-state index is 12.1. The van der Waals surface area contributed by atoms with Crippen LogP contribution < -0.4 is 5.32 Å². The van der Waals surface area contributed by atoms with Crippen molar-refractivity contribution in [3.05, 3.63) is 32.4 Å². The number of hydrogen-bond donors (Lipinski definition) is 1. The first-order chi connectivity index (χ1) is 8.06. The summed E-state index contributed by atoms with van der Waals surface area (Å²) in [4.78, 5) is 12.1. The molecule has 2 rings (SSSR count). The van der Waals surface area contributed by atoms with Gasteiger partial charge in [-0.05, 0) is 66.5 Å². The van der Waals surface area contributed by atoms with Crippen molar-refractivity contribution in [2.75, 3.05) is 0 Å². The molecule has 1 aliphatic carbocycles. The number of benzene rings is 1. The molecule has 17 heavy (non-hydrogen) atoms. The van der Waals surface area contributed by atoms with Gasteiger partial charge in [-0.3, -0.25) is 4.79 Å². The molecule has 0 bridgehead atoms. The fourth-order valence-electron chi connectivity index (χ4n) is 2.12. The summed E-state index contributed by atoms with van der Waals surface area (Å²) in [5.74, 6) is -0.00940. The van der Waals surface area contributed by atoms with Crippen molar-refractivity contribution < 1.29 is 4.79 Å². The summed E-state index contributed by atoms with van der Waals surface area (Å²) in [5.41, 5.74) is 0.683. The summed E-state index contributed by atoms with van der Waals surface area (Å²) in [6, 6.07) is 5.43. The van der Waals surface area contributed by atoms with Gasteiger partial charge in [0.1, 0.15) is 0 Å². The van der Waals surface area contributed by atoms with Crippen molar-refractivity contribution in [3.8, 4) is 0 Å². The maximum atomic E-state index is 12.1. The van der Waals surface area contributed by atoms with E-state index in [4.69, 9.17) is 11.6 Å². The topological polar surface area (TPSA) is 29.1 Å². The lowest BCUT2D eigenvalue weighted by atomic mass is 9.74. The van der Waals surface area contributed by atoms with Gasteiger partial charge in [-0.1, -0.05) is 18.5 Å². The number of amides is 1. The average Bonchev–Trinajstić information content (AvgIpc) is 2.27. The Hall–Kier alpha value is -0.290. The molecule has 0 aromatic heterocycles. The molecule has 2 nitrogen and oxygen atoms in total. The summed E-state index contributed by atoms with van der Waals surface area (Å²) in [6.07, 6.45) is 4.39. The zero-order valence-electron chi connectivity index (χ0n) is 9.72. The zero-order valence-corrected chi connectivity index (χ0v) is 12.6. The summed E-state index contributed by atoms with van der Waals surface area (Å²) in [6.45, 7) is 2.13. The molecule has 1 aromatic rings. The van der Waals surface area contributed by atoms with E-state index >= 15 is 0 Å². The molecule has 0 aliphatic heterocycles. The van der Waals surface area contributed by atoms with Gasteiger partial charge in [-0.15, -0.1) is 0 Å². The largest absolute Gasteiger partial charge is 0.347 e. The molecule has 0 heterocycles. The highest BCUT2D eigenvalue weighted by atomic mass is 127. The first-order valence-corrected chi connectivity index (χ1v) is 7.29. The number of carbonyl (C=O) groups excluding carboxylic acids is 1. The van der Waals surface area contributed by atoms with Crippen LogP contribution in [-0.4, -0.2) is 11.4 Å². The molecular weight excluding hydrogens is 349 g/mol. The van der Waals surface area contributed by atoms with Gasteiger partial charge in [-0.2, -0.15) is 0 Å². The third-order valence-corrected chi connectivity index (χ3v) is 5.12. The zero-order chi connectivity index (χ0) is 12.5. The lowest BCUT2D eigenvalue weighted by molar-refractivity contribution is 0.0820. The lowest BCUT2D eigenvalue weighted by Gasteiger charge is -2.42. The second-order valence-corrected chi connectivity index (χ2v) is 6.14. The van der Waals surface area contributed by atoms with Gasteiger partial charge in [0, 0.05) is 14.7 Å². The number of carbonyl (C=O) groups is 1. The predicted octanol–water partition coefficient (Wildman–Crippen LogP) is 4.01. The smallest absolute Gasteiger partial charge is 0.251 e. The molecular formula is C13H15ClINO. The van der Waals surface area contributed by atoms with E-state index in [1.54, 1.807) is 6.07 Å². The molecule has 1 aromatic carbocycles. The van der Waals surface area contributed by atoms with Gasteiger partial charge in [0.25, 0.3) is 5.91 Å². The van der Waals surface area contributed by atoms with Gasteiger partial charge in [0.05, 0.1) is 5.02 Å².